The van der Waals surface area contributed by atoms with Crippen molar-refractivity contribution in [2.75, 3.05) is 12.3 Å². The van der Waals surface area contributed by atoms with Crippen LogP contribution in [-0.4, -0.2) is 77.8 Å². The molecule has 0 aromatic heterocycles. The Labute approximate surface area is 290 Å². The Balaban J connectivity index is 1.27. The van der Waals surface area contributed by atoms with Crippen LogP contribution in [0.4, 0.5) is 18.9 Å². The number of nitrogen functional groups attached to an aromatic ring is 1. The maximum Gasteiger partial charge on any atom is 0.418 e. The number of epoxide rings is 1. The van der Waals surface area contributed by atoms with Gasteiger partial charge >= 0.3 is 12.1 Å². The average Bonchev–Trinajstić information content (AvgIpc) is 3.80. The standard InChI is InChI=1S/C36H48F3N3O8/c1-20(6-11-30-21(2)14-29(23(4)49-30)42-32(44)13-8-22(3)48-24(5)43)7-12-31-34(46)35(19-47-35)17-26(50-31)16-33(45)41-18-25-9-10-28(40)27(15-25)36(37,38)39/h6-10,12-13,15,21-23,26,29-31,34,46H,11,14,16-19,40H2,1-5H3,(H,41,45)(H,42,44)/b12-7+,13-8?,20-6+/t21-,22?,23+,26+,29+,30-,31+,34+,35+/m0/s1. The van der Waals surface area contributed by atoms with Crippen LogP contribution in [0.1, 0.15) is 71.4 Å². The summed E-state index contributed by atoms with van der Waals surface area (Å²) in [7, 11) is 0. The molecular weight excluding hydrogens is 659 g/mol. The fourth-order valence-corrected chi connectivity index (χ4v) is 6.33. The number of nitrogens with one attached hydrogen (secondary N) is 2. The number of carbonyl (C=O) groups is 3. The molecule has 3 heterocycles. The van der Waals surface area contributed by atoms with E-state index in [4.69, 9.17) is 24.7 Å². The normalized spacial score (nSPS) is 30.7. The number of ether oxygens (including phenoxy) is 4. The predicted octanol–water partition coefficient (Wildman–Crippen LogP) is 4.28. The first-order valence-corrected chi connectivity index (χ1v) is 16.8. The number of esters is 1. The van der Waals surface area contributed by atoms with E-state index < -0.39 is 53.6 Å². The zero-order valence-corrected chi connectivity index (χ0v) is 29.0. The summed E-state index contributed by atoms with van der Waals surface area (Å²) >= 11 is 0. The Morgan fingerprint density at radius 2 is 1.90 bits per heavy atom. The van der Waals surface area contributed by atoms with Crippen molar-refractivity contribution in [3.8, 4) is 0 Å². The first-order chi connectivity index (χ1) is 23.5. The number of hydrogen-bond acceptors (Lipinski definition) is 9. The van der Waals surface area contributed by atoms with Crippen LogP contribution >= 0.6 is 0 Å². The molecule has 1 unspecified atom stereocenters. The van der Waals surface area contributed by atoms with Crippen LogP contribution in [0.25, 0.3) is 0 Å². The van der Waals surface area contributed by atoms with E-state index in [9.17, 15) is 32.7 Å². The van der Waals surface area contributed by atoms with Crippen molar-refractivity contribution < 1.29 is 51.6 Å². The summed E-state index contributed by atoms with van der Waals surface area (Å²) in [6.45, 7) is 9.11. The van der Waals surface area contributed by atoms with E-state index in [1.807, 2.05) is 26.0 Å². The molecule has 14 heteroatoms. The number of aliphatic hydroxyl groups excluding tert-OH is 1. The van der Waals surface area contributed by atoms with Gasteiger partial charge in [-0.3, -0.25) is 14.4 Å². The average molecular weight is 708 g/mol. The fourth-order valence-electron chi connectivity index (χ4n) is 6.33. The van der Waals surface area contributed by atoms with Crippen LogP contribution in [0.5, 0.6) is 0 Å². The highest BCUT2D eigenvalue weighted by Crippen LogP contribution is 2.43. The molecule has 3 saturated heterocycles. The largest absolute Gasteiger partial charge is 0.459 e. The Morgan fingerprint density at radius 1 is 1.18 bits per heavy atom. The minimum atomic E-state index is -4.60. The summed E-state index contributed by atoms with van der Waals surface area (Å²) in [4.78, 5) is 36.2. The molecule has 3 aliphatic rings. The molecule has 3 aliphatic heterocycles. The number of rotatable bonds is 12. The molecule has 0 bridgehead atoms. The summed E-state index contributed by atoms with van der Waals surface area (Å²) < 4.78 is 62.6. The van der Waals surface area contributed by atoms with E-state index in [1.165, 1.54) is 25.1 Å². The molecule has 1 aromatic carbocycles. The van der Waals surface area contributed by atoms with E-state index in [0.717, 1.165) is 24.1 Å². The van der Waals surface area contributed by atoms with Crippen LogP contribution in [0.2, 0.25) is 0 Å². The molecule has 3 fully saturated rings. The van der Waals surface area contributed by atoms with Crippen molar-refractivity contribution in [2.24, 2.45) is 5.92 Å². The van der Waals surface area contributed by atoms with Crippen molar-refractivity contribution in [1.82, 2.24) is 10.6 Å². The van der Waals surface area contributed by atoms with Gasteiger partial charge in [0.05, 0.1) is 42.9 Å². The maximum atomic E-state index is 13.2. The van der Waals surface area contributed by atoms with E-state index in [0.29, 0.717) is 19.4 Å². The van der Waals surface area contributed by atoms with Crippen molar-refractivity contribution in [2.45, 2.75) is 121 Å². The lowest BCUT2D eigenvalue weighted by molar-refractivity contribution is -0.145. The van der Waals surface area contributed by atoms with Crippen molar-refractivity contribution in [3.63, 3.8) is 0 Å². The highest BCUT2D eigenvalue weighted by Gasteiger charge is 2.58. The first-order valence-electron chi connectivity index (χ1n) is 16.8. The number of hydrogen-bond donors (Lipinski definition) is 4. The molecule has 2 amide bonds. The van der Waals surface area contributed by atoms with E-state index >= 15 is 0 Å². The Kier molecular flexibility index (Phi) is 12.9. The van der Waals surface area contributed by atoms with Crippen molar-refractivity contribution in [3.05, 3.63) is 65.3 Å². The van der Waals surface area contributed by atoms with Gasteiger partial charge in [0.15, 0.2) is 0 Å². The van der Waals surface area contributed by atoms with Crippen molar-refractivity contribution in [1.29, 1.82) is 0 Å². The quantitative estimate of drug-likeness (QED) is 0.0817. The highest BCUT2D eigenvalue weighted by molar-refractivity contribution is 5.87. The summed E-state index contributed by atoms with van der Waals surface area (Å²) in [5.41, 5.74) is 4.49. The number of alkyl halides is 3. The van der Waals surface area contributed by atoms with Crippen LogP contribution in [0.3, 0.4) is 0 Å². The van der Waals surface area contributed by atoms with Crippen molar-refractivity contribution >= 4 is 23.5 Å². The maximum absolute atomic E-state index is 13.2. The minimum Gasteiger partial charge on any atom is -0.459 e. The second kappa shape index (κ2) is 16.5. The Morgan fingerprint density at radius 3 is 2.56 bits per heavy atom. The van der Waals surface area contributed by atoms with Crippen LogP contribution in [0, 0.1) is 5.92 Å². The number of halogens is 3. The third kappa shape index (κ3) is 10.9. The van der Waals surface area contributed by atoms with Crippen LogP contribution in [-0.2, 0) is 46.1 Å². The summed E-state index contributed by atoms with van der Waals surface area (Å²) in [6, 6.07) is 3.33. The van der Waals surface area contributed by atoms with Gasteiger partial charge in [-0.2, -0.15) is 13.2 Å². The second-order valence-electron chi connectivity index (χ2n) is 13.5. The molecule has 0 radical (unpaired) electrons. The fraction of sp³-hybridized carbons (Fsp3) is 0.583. The number of carbonyl (C=O) groups excluding carboxylic acids is 3. The van der Waals surface area contributed by atoms with Gasteiger partial charge in [0, 0.05) is 31.7 Å². The second-order valence-corrected chi connectivity index (χ2v) is 13.5. The van der Waals surface area contributed by atoms with Gasteiger partial charge in [0.1, 0.15) is 23.9 Å². The molecule has 9 atom stereocenters. The van der Waals surface area contributed by atoms with Crippen LogP contribution in [0.15, 0.2) is 54.2 Å². The topological polar surface area (TPSA) is 162 Å². The molecule has 11 nitrogen and oxygen atoms in total. The molecule has 50 heavy (non-hydrogen) atoms. The monoisotopic (exact) mass is 707 g/mol. The number of amides is 2. The van der Waals surface area contributed by atoms with Gasteiger partial charge in [0.2, 0.25) is 11.8 Å². The summed E-state index contributed by atoms with van der Waals surface area (Å²) in [6.07, 6.45) is 2.46. The number of aliphatic hydroxyl groups is 1. The molecule has 1 spiro atoms. The first kappa shape index (κ1) is 39.1. The van der Waals surface area contributed by atoms with E-state index in [-0.39, 0.29) is 54.3 Å². The molecule has 0 aliphatic carbocycles. The van der Waals surface area contributed by atoms with E-state index in [1.54, 1.807) is 13.0 Å². The number of benzene rings is 1. The zero-order chi connectivity index (χ0) is 36.8. The molecule has 5 N–H and O–H groups in total. The molecule has 4 rings (SSSR count). The smallest absolute Gasteiger partial charge is 0.418 e. The Bertz CT molecular complexity index is 1470. The van der Waals surface area contributed by atoms with Crippen LogP contribution < -0.4 is 16.4 Å². The molecular formula is C36H48F3N3O8. The lowest BCUT2D eigenvalue weighted by Crippen LogP contribution is -2.50. The highest BCUT2D eigenvalue weighted by atomic mass is 19.4. The van der Waals surface area contributed by atoms with Gasteiger partial charge in [-0.05, 0) is 63.3 Å². The Hall–Kier alpha value is -3.72. The van der Waals surface area contributed by atoms with Gasteiger partial charge in [-0.15, -0.1) is 0 Å². The third-order valence-corrected chi connectivity index (χ3v) is 9.25. The summed E-state index contributed by atoms with van der Waals surface area (Å²) in [5, 5.41) is 16.6. The number of allylic oxidation sites excluding steroid dienone is 2. The third-order valence-electron chi connectivity index (χ3n) is 9.25. The molecule has 276 valence electrons. The van der Waals surface area contributed by atoms with E-state index in [2.05, 4.69) is 17.6 Å². The molecule has 0 saturated carbocycles. The van der Waals surface area contributed by atoms with Gasteiger partial charge in [0.25, 0.3) is 0 Å². The van der Waals surface area contributed by atoms with Gasteiger partial charge < -0.3 is 40.4 Å². The lowest BCUT2D eigenvalue weighted by atomic mass is 9.87. The summed E-state index contributed by atoms with van der Waals surface area (Å²) in [5.74, 6) is -0.961. The van der Waals surface area contributed by atoms with Gasteiger partial charge in [-0.1, -0.05) is 36.8 Å². The van der Waals surface area contributed by atoms with Gasteiger partial charge in [-0.25, -0.2) is 0 Å². The molecule has 1 aromatic rings. The SMILES string of the molecule is CC(=O)OC(C)C=CC(=O)N[C@@H]1C[C@H](C)[C@H](C/C=C(C)/C=C/[C@H]2O[C@H](CC(=O)NCc3ccc(N)c(C(F)(F)F)c3)C[C@@]3(CO3)[C@@H]2O)O[C@@H]1C. The number of nitrogens with two attached hydrogens (primary N) is 1. The lowest BCUT2D eigenvalue weighted by Gasteiger charge is -2.39. The number of anilines is 1. The zero-order valence-electron chi connectivity index (χ0n) is 29.0. The minimum absolute atomic E-state index is 0.0572. The predicted molar refractivity (Wildman–Crippen MR) is 178 cm³/mol.